The van der Waals surface area contributed by atoms with Gasteiger partial charge in [0.05, 0.1) is 19.3 Å². The van der Waals surface area contributed by atoms with Crippen LogP contribution in [0.25, 0.3) is 0 Å². The highest BCUT2D eigenvalue weighted by molar-refractivity contribution is 7.80. The molecule has 0 saturated heterocycles. The fraction of sp³-hybridized carbons (Fsp3) is 0.733. The van der Waals surface area contributed by atoms with E-state index in [9.17, 15) is 48.9 Å². The van der Waals surface area contributed by atoms with Gasteiger partial charge in [0.15, 0.2) is 5.96 Å². The number of hydrogen-bond acceptors (Lipinski definition) is 15. The third-order valence-corrected chi connectivity index (χ3v) is 8.44. The molecule has 0 spiro atoms. The number of hydrogen-bond donors (Lipinski definition) is 16. The van der Waals surface area contributed by atoms with Crippen molar-refractivity contribution in [1.82, 2.24) is 31.9 Å². The van der Waals surface area contributed by atoms with E-state index >= 15 is 0 Å². The summed E-state index contributed by atoms with van der Waals surface area (Å²) in [6.07, 6.45) is 2.59. The number of aliphatic hydroxyl groups is 2. The molecule has 0 aromatic carbocycles. The lowest BCUT2D eigenvalue weighted by Gasteiger charge is -2.26. The van der Waals surface area contributed by atoms with Crippen LogP contribution in [0.4, 0.5) is 0 Å². The molecule has 19 N–H and O–H groups in total. The summed E-state index contributed by atoms with van der Waals surface area (Å²) in [5.74, 6) is -7.56. The van der Waals surface area contributed by atoms with Crippen molar-refractivity contribution in [3.8, 4) is 0 Å². The van der Waals surface area contributed by atoms with Crippen LogP contribution in [0.3, 0.4) is 0 Å². The third kappa shape index (κ3) is 19.9. The zero-order valence-electron chi connectivity index (χ0n) is 30.1. The predicted octanol–water partition coefficient (Wildman–Crippen LogP) is -6.54. The molecule has 54 heavy (non-hydrogen) atoms. The van der Waals surface area contributed by atoms with Crippen LogP contribution >= 0.6 is 25.3 Å². The molecule has 0 aromatic rings. The number of nitrogens with two attached hydrogens (primary N) is 5. The number of rotatable bonds is 29. The molecule has 6 amide bonds. The van der Waals surface area contributed by atoms with E-state index in [1.54, 1.807) is 0 Å². The van der Waals surface area contributed by atoms with Crippen molar-refractivity contribution in [2.75, 3.05) is 44.4 Å². The summed E-state index contributed by atoms with van der Waals surface area (Å²) in [6, 6.07) is -9.52. The van der Waals surface area contributed by atoms with E-state index < -0.39 is 96.9 Å². The van der Waals surface area contributed by atoms with Gasteiger partial charge < -0.3 is 75.9 Å². The molecule has 0 unspecified atom stereocenters. The zero-order chi connectivity index (χ0) is 41.2. The van der Waals surface area contributed by atoms with Crippen molar-refractivity contribution < 1.29 is 48.9 Å². The average molecular weight is 811 g/mol. The van der Waals surface area contributed by atoms with Gasteiger partial charge in [-0.3, -0.25) is 33.8 Å². The van der Waals surface area contributed by atoms with Crippen molar-refractivity contribution in [3.63, 3.8) is 0 Å². The van der Waals surface area contributed by atoms with E-state index in [-0.39, 0.29) is 49.7 Å². The van der Waals surface area contributed by atoms with Gasteiger partial charge in [0, 0.05) is 18.1 Å². The lowest BCUT2D eigenvalue weighted by molar-refractivity contribution is -0.142. The molecule has 310 valence electrons. The van der Waals surface area contributed by atoms with Crippen molar-refractivity contribution in [1.29, 1.82) is 0 Å². The number of carbonyl (C=O) groups is 7. The molecule has 7 atom stereocenters. The van der Waals surface area contributed by atoms with Crippen molar-refractivity contribution in [2.45, 2.75) is 93.7 Å². The molecular weight excluding hydrogens is 753 g/mol. The van der Waals surface area contributed by atoms with Gasteiger partial charge in [0.2, 0.25) is 35.4 Å². The molecule has 0 aromatic heterocycles. The Bertz CT molecular complexity index is 1250. The Morgan fingerprint density at radius 3 is 1.33 bits per heavy atom. The smallest absolute Gasteiger partial charge is 0.326 e. The van der Waals surface area contributed by atoms with Crippen molar-refractivity contribution in [3.05, 3.63) is 0 Å². The van der Waals surface area contributed by atoms with Gasteiger partial charge in [-0.1, -0.05) is 6.42 Å². The minimum Gasteiger partial charge on any atom is -0.480 e. The monoisotopic (exact) mass is 810 g/mol. The van der Waals surface area contributed by atoms with Crippen molar-refractivity contribution in [2.24, 2.45) is 33.7 Å². The van der Waals surface area contributed by atoms with E-state index in [4.69, 9.17) is 28.7 Å². The second kappa shape index (κ2) is 28.5. The highest BCUT2D eigenvalue weighted by atomic mass is 32.1. The van der Waals surface area contributed by atoms with Gasteiger partial charge in [-0.2, -0.15) is 25.3 Å². The summed E-state index contributed by atoms with van der Waals surface area (Å²) >= 11 is 8.15. The number of nitrogens with one attached hydrogen (secondary N) is 6. The number of carboxylic acids is 1. The number of amides is 6. The largest absolute Gasteiger partial charge is 0.480 e. The summed E-state index contributed by atoms with van der Waals surface area (Å²) in [6.45, 7) is -0.981. The summed E-state index contributed by atoms with van der Waals surface area (Å²) in [5.41, 5.74) is 27.4. The number of aliphatic carboxylic acids is 1. The van der Waals surface area contributed by atoms with Crippen LogP contribution in [-0.2, 0) is 33.6 Å². The molecule has 24 heteroatoms. The number of unbranched alkanes of at least 4 members (excludes halogenated alkanes) is 2. The van der Waals surface area contributed by atoms with E-state index in [2.05, 4.69) is 62.2 Å². The average Bonchev–Trinajstić information content (AvgIpc) is 3.13. The standard InChI is InChI=1S/C30H58N12O10S2/c31-9-3-1-6-16(33)23(45)39-19(12-43)26(48)41-22(15-54)28(50)42-21(14-53)27(49)40-20(13-44)25(47)37-17(8-5-11-36-30(34)35)24(46)38-18(29(51)52)7-2-4-10-32/h16-22,43-44,53-54H,1-15,31-33H2,(H,37,47)(H,38,46)(H,39,45)(H,40,49)(H,41,48)(H,42,50)(H,51,52)(H4,34,35,36)/t16-,17-,18-,19-,20-,21-,22-/m0/s1. The first-order chi connectivity index (χ1) is 25.6. The number of carboxylic acid groups (broad SMARTS) is 1. The van der Waals surface area contributed by atoms with Crippen LogP contribution < -0.4 is 60.6 Å². The molecule has 0 aliphatic carbocycles. The Labute approximate surface area is 324 Å². The Morgan fingerprint density at radius 1 is 0.537 bits per heavy atom. The number of aliphatic imine (C=N–C) groups is 1. The topological polar surface area (TPSA) is 395 Å². The maximum absolute atomic E-state index is 13.2. The quantitative estimate of drug-likeness (QED) is 0.0145. The normalized spacial score (nSPS) is 14.8. The minimum atomic E-state index is -1.65. The highest BCUT2D eigenvalue weighted by Gasteiger charge is 2.32. The second-order valence-corrected chi connectivity index (χ2v) is 12.8. The van der Waals surface area contributed by atoms with Crippen LogP contribution in [-0.4, -0.2) is 149 Å². The van der Waals surface area contributed by atoms with Gasteiger partial charge in [-0.05, 0) is 58.0 Å². The second-order valence-electron chi connectivity index (χ2n) is 12.1. The van der Waals surface area contributed by atoms with Gasteiger partial charge in [0.25, 0.3) is 0 Å². The van der Waals surface area contributed by atoms with Gasteiger partial charge in [-0.25, -0.2) is 4.79 Å². The fourth-order valence-electron chi connectivity index (χ4n) is 4.58. The fourth-order valence-corrected chi connectivity index (χ4v) is 5.09. The molecule has 0 bridgehead atoms. The molecule has 0 fully saturated rings. The van der Waals surface area contributed by atoms with Crippen molar-refractivity contribution >= 4 is 72.6 Å². The molecule has 0 radical (unpaired) electrons. The molecule has 0 heterocycles. The van der Waals surface area contributed by atoms with E-state index in [1.165, 1.54) is 0 Å². The number of thiol groups is 2. The molecule has 0 aliphatic heterocycles. The zero-order valence-corrected chi connectivity index (χ0v) is 31.9. The van der Waals surface area contributed by atoms with Crippen LogP contribution in [0.15, 0.2) is 4.99 Å². The minimum absolute atomic E-state index is 0.0653. The van der Waals surface area contributed by atoms with Gasteiger partial charge in [-0.15, -0.1) is 0 Å². The van der Waals surface area contributed by atoms with Crippen LogP contribution in [0, 0.1) is 0 Å². The Balaban J connectivity index is 5.65. The lowest BCUT2D eigenvalue weighted by Crippen LogP contribution is -2.61. The summed E-state index contributed by atoms with van der Waals surface area (Å²) in [4.78, 5) is 93.3. The first-order valence-corrected chi connectivity index (χ1v) is 18.6. The Hall–Kier alpha value is -3.94. The van der Waals surface area contributed by atoms with E-state index in [0.717, 1.165) is 0 Å². The third-order valence-electron chi connectivity index (χ3n) is 7.71. The van der Waals surface area contributed by atoms with Crippen LogP contribution in [0.2, 0.25) is 0 Å². The molecule has 0 rings (SSSR count). The maximum atomic E-state index is 13.2. The molecule has 0 saturated carbocycles. The van der Waals surface area contributed by atoms with Gasteiger partial charge in [0.1, 0.15) is 36.3 Å². The molecular formula is C30H58N12O10S2. The van der Waals surface area contributed by atoms with Gasteiger partial charge >= 0.3 is 5.97 Å². The lowest BCUT2D eigenvalue weighted by atomic mass is 10.1. The molecule has 22 nitrogen and oxygen atoms in total. The Kier molecular flexibility index (Phi) is 26.4. The first-order valence-electron chi connectivity index (χ1n) is 17.3. The summed E-state index contributed by atoms with van der Waals surface area (Å²) < 4.78 is 0. The van der Waals surface area contributed by atoms with Crippen LogP contribution in [0.1, 0.15) is 51.4 Å². The Morgan fingerprint density at radius 2 is 0.907 bits per heavy atom. The molecule has 0 aliphatic rings. The SMILES string of the molecule is NCCCC[C@H](NC(=O)[C@H](CCCN=C(N)N)NC(=O)[C@H](CO)NC(=O)[C@H](CS)NC(=O)[C@H](CS)NC(=O)[C@H](CO)NC(=O)[C@@H](N)CCCCN)C(=O)O. The van der Waals surface area contributed by atoms with E-state index in [1.807, 2.05) is 0 Å². The highest BCUT2D eigenvalue weighted by Crippen LogP contribution is 2.06. The first kappa shape index (κ1) is 50.1. The number of guanidine groups is 1. The number of nitrogens with zero attached hydrogens (tertiary/aromatic N) is 1. The van der Waals surface area contributed by atoms with E-state index in [0.29, 0.717) is 38.8 Å². The predicted molar refractivity (Wildman–Crippen MR) is 205 cm³/mol. The summed E-state index contributed by atoms with van der Waals surface area (Å²) in [7, 11) is 0. The number of carbonyl (C=O) groups excluding carboxylic acids is 6. The number of aliphatic hydroxyl groups excluding tert-OH is 2. The maximum Gasteiger partial charge on any atom is 0.326 e. The summed E-state index contributed by atoms with van der Waals surface area (Å²) in [5, 5.41) is 43.2. The van der Waals surface area contributed by atoms with Crippen LogP contribution in [0.5, 0.6) is 0 Å².